The summed E-state index contributed by atoms with van der Waals surface area (Å²) in [5.74, 6) is 0.499. The molecule has 4 nitrogen and oxygen atoms in total. The Morgan fingerprint density at radius 3 is 2.83 bits per heavy atom. The van der Waals surface area contributed by atoms with Gasteiger partial charge in [-0.2, -0.15) is 0 Å². The molecule has 0 heterocycles. The molecule has 1 fully saturated rings. The highest BCUT2D eigenvalue weighted by Crippen LogP contribution is 2.28. The fourth-order valence-electron chi connectivity index (χ4n) is 1.88. The lowest BCUT2D eigenvalue weighted by atomic mass is 10.3. The number of hydrogen-bond acceptors (Lipinski definition) is 3. The van der Waals surface area contributed by atoms with E-state index in [0.29, 0.717) is 22.5 Å². The molecular weight excluding hydrogens is 252 g/mol. The second kappa shape index (κ2) is 5.48. The van der Waals surface area contributed by atoms with Crippen molar-refractivity contribution in [2.24, 2.45) is 0 Å². The van der Waals surface area contributed by atoms with Gasteiger partial charge in [0.15, 0.2) is 6.61 Å². The number of carbonyl (C=O) groups is 1. The Morgan fingerprint density at radius 1 is 1.56 bits per heavy atom. The van der Waals surface area contributed by atoms with Crippen LogP contribution in [0.5, 0.6) is 5.75 Å². The van der Waals surface area contributed by atoms with Crippen LogP contribution in [-0.2, 0) is 4.79 Å². The SMILES string of the molecule is CCN(C(=O)COc1ccc(N)cc1Cl)C1CC1. The number of nitrogens with two attached hydrogens (primary N) is 1. The quantitative estimate of drug-likeness (QED) is 0.834. The third kappa shape index (κ3) is 3.07. The Labute approximate surface area is 112 Å². The Kier molecular flexibility index (Phi) is 3.97. The number of ether oxygens (including phenoxy) is 1. The van der Waals surface area contributed by atoms with Crippen LogP contribution in [0.4, 0.5) is 5.69 Å². The smallest absolute Gasteiger partial charge is 0.260 e. The Bertz CT molecular complexity index is 447. The van der Waals surface area contributed by atoms with E-state index in [4.69, 9.17) is 22.1 Å². The Morgan fingerprint density at radius 2 is 2.28 bits per heavy atom. The first-order chi connectivity index (χ1) is 8.61. The third-order valence-electron chi connectivity index (χ3n) is 2.96. The summed E-state index contributed by atoms with van der Waals surface area (Å²) in [4.78, 5) is 13.8. The number of nitrogens with zero attached hydrogens (tertiary/aromatic N) is 1. The maximum Gasteiger partial charge on any atom is 0.260 e. The zero-order valence-electron chi connectivity index (χ0n) is 10.4. The zero-order valence-corrected chi connectivity index (χ0v) is 11.1. The zero-order chi connectivity index (χ0) is 13.1. The molecule has 0 saturated heterocycles. The molecule has 0 radical (unpaired) electrons. The average molecular weight is 269 g/mol. The van der Waals surface area contributed by atoms with Crippen molar-refractivity contribution >= 4 is 23.2 Å². The van der Waals surface area contributed by atoms with Gasteiger partial charge in [-0.15, -0.1) is 0 Å². The lowest BCUT2D eigenvalue weighted by Crippen LogP contribution is -2.36. The molecule has 0 atom stereocenters. The lowest BCUT2D eigenvalue weighted by molar-refractivity contribution is -0.133. The van der Waals surface area contributed by atoms with Crippen molar-refractivity contribution in [2.75, 3.05) is 18.9 Å². The number of benzene rings is 1. The molecule has 0 unspecified atom stereocenters. The number of rotatable bonds is 5. The van der Waals surface area contributed by atoms with Gasteiger partial charge in [-0.3, -0.25) is 4.79 Å². The number of carbonyl (C=O) groups excluding carboxylic acids is 1. The molecule has 2 N–H and O–H groups in total. The molecule has 1 aromatic rings. The first-order valence-corrected chi connectivity index (χ1v) is 6.47. The van der Waals surface area contributed by atoms with Crippen molar-refractivity contribution in [1.29, 1.82) is 0 Å². The fourth-order valence-corrected chi connectivity index (χ4v) is 2.12. The summed E-state index contributed by atoms with van der Waals surface area (Å²) in [6, 6.07) is 5.40. The molecule has 1 aromatic carbocycles. The molecular formula is C13H17ClN2O2. The fraction of sp³-hybridized carbons (Fsp3) is 0.462. The molecule has 1 saturated carbocycles. The molecule has 1 aliphatic rings. The van der Waals surface area contributed by atoms with E-state index in [1.807, 2.05) is 11.8 Å². The highest BCUT2D eigenvalue weighted by Gasteiger charge is 2.31. The van der Waals surface area contributed by atoms with E-state index in [2.05, 4.69) is 0 Å². The number of anilines is 1. The second-order valence-electron chi connectivity index (χ2n) is 4.39. The summed E-state index contributed by atoms with van der Waals surface area (Å²) in [5.41, 5.74) is 6.16. The van der Waals surface area contributed by atoms with E-state index < -0.39 is 0 Å². The molecule has 0 aliphatic heterocycles. The molecule has 2 rings (SSSR count). The molecule has 0 bridgehead atoms. The minimum Gasteiger partial charge on any atom is -0.482 e. The van der Waals surface area contributed by atoms with E-state index >= 15 is 0 Å². The van der Waals surface area contributed by atoms with Crippen LogP contribution in [0.15, 0.2) is 18.2 Å². The summed E-state index contributed by atoms with van der Waals surface area (Å²) in [7, 11) is 0. The number of hydrogen-bond donors (Lipinski definition) is 1. The van der Waals surface area contributed by atoms with Crippen LogP contribution >= 0.6 is 11.6 Å². The van der Waals surface area contributed by atoms with Gasteiger partial charge in [-0.05, 0) is 38.0 Å². The monoisotopic (exact) mass is 268 g/mol. The van der Waals surface area contributed by atoms with E-state index in [-0.39, 0.29) is 12.5 Å². The van der Waals surface area contributed by atoms with Crippen molar-refractivity contribution in [2.45, 2.75) is 25.8 Å². The summed E-state index contributed by atoms with van der Waals surface area (Å²) in [6.07, 6.45) is 2.20. The third-order valence-corrected chi connectivity index (χ3v) is 3.25. The molecule has 0 spiro atoms. The minimum atomic E-state index is 0.00731. The first-order valence-electron chi connectivity index (χ1n) is 6.09. The summed E-state index contributed by atoms with van der Waals surface area (Å²) in [6.45, 7) is 2.72. The van der Waals surface area contributed by atoms with Gasteiger partial charge < -0.3 is 15.4 Å². The van der Waals surface area contributed by atoms with Gasteiger partial charge in [0.25, 0.3) is 5.91 Å². The lowest BCUT2D eigenvalue weighted by Gasteiger charge is -2.20. The summed E-state index contributed by atoms with van der Waals surface area (Å²) >= 11 is 5.97. The van der Waals surface area contributed by atoms with Crippen LogP contribution in [0.25, 0.3) is 0 Å². The molecule has 0 aromatic heterocycles. The molecule has 5 heteroatoms. The van der Waals surface area contributed by atoms with Crippen molar-refractivity contribution in [1.82, 2.24) is 4.90 Å². The topological polar surface area (TPSA) is 55.6 Å². The van der Waals surface area contributed by atoms with Gasteiger partial charge >= 0.3 is 0 Å². The van der Waals surface area contributed by atoms with Crippen molar-refractivity contribution < 1.29 is 9.53 Å². The van der Waals surface area contributed by atoms with Crippen LogP contribution in [0.1, 0.15) is 19.8 Å². The van der Waals surface area contributed by atoms with Crippen molar-refractivity contribution in [3.8, 4) is 5.75 Å². The van der Waals surface area contributed by atoms with E-state index in [9.17, 15) is 4.79 Å². The van der Waals surface area contributed by atoms with Crippen LogP contribution in [0.2, 0.25) is 5.02 Å². The average Bonchev–Trinajstić information content (AvgIpc) is 3.13. The number of amides is 1. The van der Waals surface area contributed by atoms with Crippen LogP contribution in [0.3, 0.4) is 0 Å². The van der Waals surface area contributed by atoms with E-state index in [0.717, 1.165) is 19.4 Å². The van der Waals surface area contributed by atoms with Gasteiger partial charge in [-0.1, -0.05) is 11.6 Å². The highest BCUT2D eigenvalue weighted by atomic mass is 35.5. The molecule has 18 heavy (non-hydrogen) atoms. The van der Waals surface area contributed by atoms with Gasteiger partial charge in [0.2, 0.25) is 0 Å². The van der Waals surface area contributed by atoms with Gasteiger partial charge in [0.1, 0.15) is 5.75 Å². The molecule has 98 valence electrons. The van der Waals surface area contributed by atoms with Gasteiger partial charge in [0, 0.05) is 18.3 Å². The van der Waals surface area contributed by atoms with E-state index in [1.165, 1.54) is 0 Å². The maximum atomic E-state index is 11.9. The van der Waals surface area contributed by atoms with Crippen molar-refractivity contribution in [3.05, 3.63) is 23.2 Å². The largest absolute Gasteiger partial charge is 0.482 e. The van der Waals surface area contributed by atoms with Gasteiger partial charge in [0.05, 0.1) is 5.02 Å². The van der Waals surface area contributed by atoms with Gasteiger partial charge in [-0.25, -0.2) is 0 Å². The first kappa shape index (κ1) is 13.0. The summed E-state index contributed by atoms with van der Waals surface area (Å²) < 4.78 is 5.44. The normalized spacial score (nSPS) is 14.3. The number of likely N-dealkylation sites (N-methyl/N-ethyl adjacent to an activating group) is 1. The predicted octanol–water partition coefficient (Wildman–Crippen LogP) is 2.31. The van der Waals surface area contributed by atoms with Crippen molar-refractivity contribution in [3.63, 3.8) is 0 Å². The standard InChI is InChI=1S/C13H17ClN2O2/c1-2-16(10-4-5-10)13(17)8-18-12-6-3-9(15)7-11(12)14/h3,6-7,10H,2,4-5,8,15H2,1H3. The second-order valence-corrected chi connectivity index (χ2v) is 4.80. The van der Waals surface area contributed by atoms with Crippen LogP contribution < -0.4 is 10.5 Å². The molecule has 1 aliphatic carbocycles. The van der Waals surface area contributed by atoms with E-state index in [1.54, 1.807) is 18.2 Å². The Balaban J connectivity index is 1.92. The number of halogens is 1. The minimum absolute atomic E-state index is 0.00731. The Hall–Kier alpha value is -1.42. The van der Waals surface area contributed by atoms with Crippen LogP contribution in [-0.4, -0.2) is 30.0 Å². The molecule has 1 amide bonds. The summed E-state index contributed by atoms with van der Waals surface area (Å²) in [5, 5.41) is 0.428. The maximum absolute atomic E-state index is 11.9. The predicted molar refractivity (Wildman–Crippen MR) is 71.8 cm³/mol. The number of nitrogen functional groups attached to an aromatic ring is 1. The van der Waals surface area contributed by atoms with Crippen LogP contribution in [0, 0.1) is 0 Å². The highest BCUT2D eigenvalue weighted by molar-refractivity contribution is 6.32.